The van der Waals surface area contributed by atoms with Crippen molar-refractivity contribution in [2.75, 3.05) is 13.1 Å². The van der Waals surface area contributed by atoms with Crippen LogP contribution in [0.5, 0.6) is 0 Å². The fourth-order valence-electron chi connectivity index (χ4n) is 4.23. The van der Waals surface area contributed by atoms with E-state index < -0.39 is 0 Å². The summed E-state index contributed by atoms with van der Waals surface area (Å²) in [7, 11) is 0. The van der Waals surface area contributed by atoms with Crippen LogP contribution in [0.25, 0.3) is 5.69 Å². The lowest BCUT2D eigenvalue weighted by molar-refractivity contribution is 0.147. The minimum atomic E-state index is -0.135. The maximum Gasteiger partial charge on any atom is 0.347 e. The molecule has 5 nitrogen and oxygen atoms in total. The molecule has 1 aromatic carbocycles. The van der Waals surface area contributed by atoms with Gasteiger partial charge in [0.05, 0.1) is 5.69 Å². The molecule has 1 aromatic heterocycles. The number of nitrogens with one attached hydrogen (secondary N) is 1. The zero-order valence-corrected chi connectivity index (χ0v) is 13.4. The lowest BCUT2D eigenvalue weighted by Gasteiger charge is -2.36. The van der Waals surface area contributed by atoms with E-state index in [0.29, 0.717) is 5.92 Å². The SMILES string of the molecule is O=c1[nH]nc([C@@H]2CCCN(C3CCCC3)C2)n1-c1ccccc1. The lowest BCUT2D eigenvalue weighted by atomic mass is 9.95. The van der Waals surface area contributed by atoms with Gasteiger partial charge in [-0.15, -0.1) is 0 Å². The fourth-order valence-corrected chi connectivity index (χ4v) is 4.23. The zero-order chi connectivity index (χ0) is 15.6. The van der Waals surface area contributed by atoms with Crippen molar-refractivity contribution in [2.45, 2.75) is 50.5 Å². The van der Waals surface area contributed by atoms with Crippen molar-refractivity contribution in [3.8, 4) is 5.69 Å². The molecule has 5 heteroatoms. The van der Waals surface area contributed by atoms with Crippen LogP contribution in [0.3, 0.4) is 0 Å². The highest BCUT2D eigenvalue weighted by Gasteiger charge is 2.31. The molecular weight excluding hydrogens is 288 g/mol. The summed E-state index contributed by atoms with van der Waals surface area (Å²) >= 11 is 0. The second kappa shape index (κ2) is 6.32. The number of para-hydroxylation sites is 1. The Morgan fingerprint density at radius 3 is 2.61 bits per heavy atom. The Balaban J connectivity index is 1.62. The lowest BCUT2D eigenvalue weighted by Crippen LogP contribution is -2.41. The van der Waals surface area contributed by atoms with E-state index in [2.05, 4.69) is 15.1 Å². The molecule has 0 amide bonds. The molecule has 1 saturated carbocycles. The summed E-state index contributed by atoms with van der Waals surface area (Å²) in [6.45, 7) is 2.23. The van der Waals surface area contributed by atoms with Crippen LogP contribution in [0.2, 0.25) is 0 Å². The number of H-pyrrole nitrogens is 1. The Kier molecular flexibility index (Phi) is 4.04. The molecule has 1 saturated heterocycles. The maximum atomic E-state index is 12.3. The van der Waals surface area contributed by atoms with Gasteiger partial charge in [-0.3, -0.25) is 4.90 Å². The quantitative estimate of drug-likeness (QED) is 0.948. The molecule has 23 heavy (non-hydrogen) atoms. The van der Waals surface area contributed by atoms with E-state index in [9.17, 15) is 4.79 Å². The van der Waals surface area contributed by atoms with Crippen molar-refractivity contribution in [1.82, 2.24) is 19.7 Å². The highest BCUT2D eigenvalue weighted by molar-refractivity contribution is 5.32. The Morgan fingerprint density at radius 2 is 1.83 bits per heavy atom. The van der Waals surface area contributed by atoms with Gasteiger partial charge in [-0.05, 0) is 44.4 Å². The number of hydrogen-bond acceptors (Lipinski definition) is 3. The van der Waals surface area contributed by atoms with Gasteiger partial charge in [0.15, 0.2) is 0 Å². The van der Waals surface area contributed by atoms with E-state index in [0.717, 1.165) is 30.5 Å². The minimum absolute atomic E-state index is 0.135. The predicted octanol–water partition coefficient (Wildman–Crippen LogP) is 2.68. The summed E-state index contributed by atoms with van der Waals surface area (Å²) in [6.07, 6.45) is 7.70. The molecule has 122 valence electrons. The molecule has 2 aliphatic rings. The van der Waals surface area contributed by atoms with Gasteiger partial charge in [0, 0.05) is 18.5 Å². The van der Waals surface area contributed by atoms with Crippen LogP contribution in [-0.4, -0.2) is 38.8 Å². The van der Waals surface area contributed by atoms with Crippen LogP contribution in [0.1, 0.15) is 50.3 Å². The maximum absolute atomic E-state index is 12.3. The van der Waals surface area contributed by atoms with Gasteiger partial charge in [-0.1, -0.05) is 31.0 Å². The van der Waals surface area contributed by atoms with Crippen molar-refractivity contribution in [2.24, 2.45) is 0 Å². The van der Waals surface area contributed by atoms with Crippen molar-refractivity contribution >= 4 is 0 Å². The summed E-state index contributed by atoms with van der Waals surface area (Å²) < 4.78 is 1.75. The molecule has 4 rings (SSSR count). The first kappa shape index (κ1) is 14.7. The second-order valence-electron chi connectivity index (χ2n) is 6.83. The topological polar surface area (TPSA) is 53.9 Å². The Bertz CT molecular complexity index is 699. The first-order valence-corrected chi connectivity index (χ1v) is 8.80. The number of benzene rings is 1. The summed E-state index contributed by atoms with van der Waals surface area (Å²) in [6, 6.07) is 10.6. The monoisotopic (exact) mass is 312 g/mol. The molecule has 1 atom stereocenters. The highest BCUT2D eigenvalue weighted by atomic mass is 16.1. The van der Waals surface area contributed by atoms with Gasteiger partial charge in [-0.25, -0.2) is 14.5 Å². The third-order valence-electron chi connectivity index (χ3n) is 5.37. The van der Waals surface area contributed by atoms with E-state index in [-0.39, 0.29) is 5.69 Å². The van der Waals surface area contributed by atoms with Crippen LogP contribution in [0.4, 0.5) is 0 Å². The van der Waals surface area contributed by atoms with E-state index in [4.69, 9.17) is 0 Å². The van der Waals surface area contributed by atoms with Gasteiger partial charge in [-0.2, -0.15) is 5.10 Å². The van der Waals surface area contributed by atoms with Crippen molar-refractivity contribution < 1.29 is 0 Å². The zero-order valence-electron chi connectivity index (χ0n) is 13.4. The van der Waals surface area contributed by atoms with E-state index in [1.807, 2.05) is 30.3 Å². The molecule has 1 N–H and O–H groups in total. The fraction of sp³-hybridized carbons (Fsp3) is 0.556. The van der Waals surface area contributed by atoms with Crippen LogP contribution in [0.15, 0.2) is 35.1 Å². The number of rotatable bonds is 3. The summed E-state index contributed by atoms with van der Waals surface area (Å²) in [4.78, 5) is 14.9. The van der Waals surface area contributed by atoms with Gasteiger partial charge in [0.25, 0.3) is 0 Å². The van der Waals surface area contributed by atoms with Crippen molar-refractivity contribution in [1.29, 1.82) is 0 Å². The third kappa shape index (κ3) is 2.85. The molecule has 2 aromatic rings. The molecule has 1 aliphatic carbocycles. The Labute approximate surface area is 136 Å². The van der Waals surface area contributed by atoms with Gasteiger partial charge >= 0.3 is 5.69 Å². The third-order valence-corrected chi connectivity index (χ3v) is 5.37. The molecule has 1 aliphatic heterocycles. The van der Waals surface area contributed by atoms with Crippen LogP contribution >= 0.6 is 0 Å². The van der Waals surface area contributed by atoms with Crippen molar-refractivity contribution in [3.05, 3.63) is 46.6 Å². The predicted molar refractivity (Wildman–Crippen MR) is 90.0 cm³/mol. The second-order valence-corrected chi connectivity index (χ2v) is 6.83. The van der Waals surface area contributed by atoms with Crippen LogP contribution < -0.4 is 5.69 Å². The summed E-state index contributed by atoms with van der Waals surface area (Å²) in [5.41, 5.74) is 0.767. The normalized spacial score (nSPS) is 23.4. The van der Waals surface area contributed by atoms with Crippen molar-refractivity contribution in [3.63, 3.8) is 0 Å². The first-order chi connectivity index (χ1) is 11.3. The number of aromatic amines is 1. The highest BCUT2D eigenvalue weighted by Crippen LogP contribution is 2.31. The molecule has 2 heterocycles. The van der Waals surface area contributed by atoms with Gasteiger partial charge < -0.3 is 0 Å². The number of likely N-dealkylation sites (tertiary alicyclic amines) is 1. The summed E-state index contributed by atoms with van der Waals surface area (Å²) in [5.74, 6) is 1.23. The molecule has 2 fully saturated rings. The van der Waals surface area contributed by atoms with E-state index >= 15 is 0 Å². The van der Waals surface area contributed by atoms with Crippen LogP contribution in [0, 0.1) is 0 Å². The number of piperidine rings is 1. The number of nitrogens with zero attached hydrogens (tertiary/aromatic N) is 3. The molecule has 0 radical (unpaired) electrons. The molecule has 0 bridgehead atoms. The standard InChI is InChI=1S/C18H24N4O/c23-18-20-19-17(22(18)16-10-2-1-3-11-16)14-7-6-12-21(13-14)15-8-4-5-9-15/h1-3,10-11,14-15H,4-9,12-13H2,(H,20,23)/t14-/m1/s1. The van der Waals surface area contributed by atoms with Gasteiger partial charge in [0.1, 0.15) is 5.82 Å². The average Bonchev–Trinajstić information content (AvgIpc) is 3.25. The first-order valence-electron chi connectivity index (χ1n) is 8.80. The molecule has 0 unspecified atom stereocenters. The van der Waals surface area contributed by atoms with Crippen LogP contribution in [-0.2, 0) is 0 Å². The van der Waals surface area contributed by atoms with Gasteiger partial charge in [0.2, 0.25) is 0 Å². The largest absolute Gasteiger partial charge is 0.347 e. The number of hydrogen-bond donors (Lipinski definition) is 1. The minimum Gasteiger partial charge on any atom is -0.300 e. The van der Waals surface area contributed by atoms with E-state index in [1.165, 1.54) is 38.6 Å². The molecule has 0 spiro atoms. The number of aromatic nitrogens is 3. The average molecular weight is 312 g/mol. The van der Waals surface area contributed by atoms with E-state index in [1.54, 1.807) is 4.57 Å². The Morgan fingerprint density at radius 1 is 1.04 bits per heavy atom. The smallest absolute Gasteiger partial charge is 0.300 e. The summed E-state index contributed by atoms with van der Waals surface area (Å²) in [5, 5.41) is 7.03. The molecular formula is C18H24N4O. The Hall–Kier alpha value is -1.88.